The van der Waals surface area contributed by atoms with Crippen molar-refractivity contribution in [1.29, 1.82) is 0 Å². The van der Waals surface area contributed by atoms with Gasteiger partial charge in [0.1, 0.15) is 0 Å². The second kappa shape index (κ2) is 4.40. The van der Waals surface area contributed by atoms with Gasteiger partial charge in [0, 0.05) is 19.1 Å². The number of likely N-dealkylation sites (tertiary alicyclic amines) is 1. The molecule has 0 bridgehead atoms. The van der Waals surface area contributed by atoms with Crippen LogP contribution in [0.2, 0.25) is 0 Å². The number of aliphatic hydroxyl groups is 1. The monoisotopic (exact) mass is 184 g/mol. The van der Waals surface area contributed by atoms with Gasteiger partial charge in [0.2, 0.25) is 0 Å². The third-order valence-corrected chi connectivity index (χ3v) is 3.22. The topological polar surface area (TPSA) is 35.5 Å². The van der Waals surface area contributed by atoms with Gasteiger partial charge in [0.15, 0.2) is 0 Å². The number of rotatable bonds is 1. The first-order chi connectivity index (χ1) is 6.36. The Morgan fingerprint density at radius 2 is 2.15 bits per heavy atom. The summed E-state index contributed by atoms with van der Waals surface area (Å²) in [5, 5.41) is 13.0. The number of hydrogen-bond donors (Lipinski definition) is 2. The lowest BCUT2D eigenvalue weighted by Gasteiger charge is -2.38. The predicted molar refractivity (Wildman–Crippen MR) is 52.7 cm³/mol. The smallest absolute Gasteiger partial charge is 0.0667 e. The highest BCUT2D eigenvalue weighted by Gasteiger charge is 2.25. The summed E-state index contributed by atoms with van der Waals surface area (Å²) < 4.78 is 0. The molecule has 0 aromatic heterocycles. The van der Waals surface area contributed by atoms with Crippen LogP contribution in [0.15, 0.2) is 0 Å². The van der Waals surface area contributed by atoms with Gasteiger partial charge in [0.05, 0.1) is 6.10 Å². The average molecular weight is 184 g/mol. The average Bonchev–Trinajstić information content (AvgIpc) is 2.19. The Morgan fingerprint density at radius 1 is 1.23 bits per heavy atom. The molecule has 0 unspecified atom stereocenters. The highest BCUT2D eigenvalue weighted by atomic mass is 16.3. The molecule has 0 aromatic carbocycles. The Bertz CT molecular complexity index is 157. The van der Waals surface area contributed by atoms with E-state index in [2.05, 4.69) is 10.2 Å². The molecule has 2 aliphatic rings. The standard InChI is InChI=1S/C10H20N2O/c13-10-4-2-6-12(8-10)9-3-1-5-11-7-9/h9-11,13H,1-8H2/t9-,10-/m1/s1. The lowest BCUT2D eigenvalue weighted by molar-refractivity contribution is 0.0398. The molecule has 2 fully saturated rings. The lowest BCUT2D eigenvalue weighted by atomic mass is 10.0. The van der Waals surface area contributed by atoms with E-state index in [1.165, 1.54) is 25.9 Å². The molecule has 3 nitrogen and oxygen atoms in total. The molecule has 3 heteroatoms. The number of β-amino-alcohol motifs (C(OH)–C–C–N with tert-alkyl or cyclic N) is 1. The van der Waals surface area contributed by atoms with Gasteiger partial charge in [-0.15, -0.1) is 0 Å². The maximum absolute atomic E-state index is 9.55. The van der Waals surface area contributed by atoms with Crippen molar-refractivity contribution in [2.45, 2.75) is 37.8 Å². The minimum absolute atomic E-state index is 0.0734. The predicted octanol–water partition coefficient (Wildman–Crippen LogP) is 0.195. The largest absolute Gasteiger partial charge is 0.392 e. The maximum atomic E-state index is 9.55. The summed E-state index contributed by atoms with van der Waals surface area (Å²) >= 11 is 0. The maximum Gasteiger partial charge on any atom is 0.0667 e. The van der Waals surface area contributed by atoms with Crippen molar-refractivity contribution >= 4 is 0 Å². The van der Waals surface area contributed by atoms with E-state index in [0.29, 0.717) is 6.04 Å². The normalized spacial score (nSPS) is 37.6. The zero-order chi connectivity index (χ0) is 9.10. The van der Waals surface area contributed by atoms with Crippen LogP contribution in [0.4, 0.5) is 0 Å². The van der Waals surface area contributed by atoms with Crippen molar-refractivity contribution in [3.05, 3.63) is 0 Å². The summed E-state index contributed by atoms with van der Waals surface area (Å²) in [5.74, 6) is 0. The van der Waals surface area contributed by atoms with E-state index < -0.39 is 0 Å². The van der Waals surface area contributed by atoms with Crippen molar-refractivity contribution < 1.29 is 5.11 Å². The Hall–Kier alpha value is -0.120. The highest BCUT2D eigenvalue weighted by Crippen LogP contribution is 2.16. The molecule has 0 amide bonds. The quantitative estimate of drug-likeness (QED) is 0.611. The van der Waals surface area contributed by atoms with Gasteiger partial charge >= 0.3 is 0 Å². The van der Waals surface area contributed by atoms with Crippen LogP contribution in [0.3, 0.4) is 0 Å². The van der Waals surface area contributed by atoms with E-state index in [1.807, 2.05) is 0 Å². The van der Waals surface area contributed by atoms with Crippen LogP contribution in [-0.2, 0) is 0 Å². The first-order valence-corrected chi connectivity index (χ1v) is 5.49. The molecule has 2 rings (SSSR count). The minimum atomic E-state index is -0.0734. The summed E-state index contributed by atoms with van der Waals surface area (Å²) in [6.45, 7) is 4.37. The molecule has 2 N–H and O–H groups in total. The fourth-order valence-corrected chi connectivity index (χ4v) is 2.46. The van der Waals surface area contributed by atoms with Crippen LogP contribution in [0.25, 0.3) is 0 Å². The van der Waals surface area contributed by atoms with Crippen LogP contribution in [0.1, 0.15) is 25.7 Å². The summed E-state index contributed by atoms with van der Waals surface area (Å²) in [7, 11) is 0. The Labute approximate surface area is 80.1 Å². The Kier molecular flexibility index (Phi) is 3.19. The van der Waals surface area contributed by atoms with Crippen molar-refractivity contribution in [2.75, 3.05) is 26.2 Å². The van der Waals surface area contributed by atoms with Gasteiger partial charge in [-0.1, -0.05) is 0 Å². The van der Waals surface area contributed by atoms with Gasteiger partial charge in [0.25, 0.3) is 0 Å². The van der Waals surface area contributed by atoms with E-state index in [9.17, 15) is 5.11 Å². The molecule has 0 radical (unpaired) electrons. The van der Waals surface area contributed by atoms with E-state index in [-0.39, 0.29) is 6.10 Å². The van der Waals surface area contributed by atoms with E-state index in [1.54, 1.807) is 0 Å². The number of nitrogens with one attached hydrogen (secondary N) is 1. The van der Waals surface area contributed by atoms with Gasteiger partial charge in [-0.2, -0.15) is 0 Å². The molecule has 76 valence electrons. The van der Waals surface area contributed by atoms with Gasteiger partial charge < -0.3 is 10.4 Å². The third kappa shape index (κ3) is 2.42. The molecule has 2 aliphatic heterocycles. The van der Waals surface area contributed by atoms with E-state index in [4.69, 9.17) is 0 Å². The van der Waals surface area contributed by atoms with Crippen molar-refractivity contribution in [3.8, 4) is 0 Å². The van der Waals surface area contributed by atoms with Crippen LogP contribution >= 0.6 is 0 Å². The van der Waals surface area contributed by atoms with Gasteiger partial charge in [-0.25, -0.2) is 0 Å². The second-order valence-corrected chi connectivity index (χ2v) is 4.29. The van der Waals surface area contributed by atoms with Crippen LogP contribution in [0.5, 0.6) is 0 Å². The Balaban J connectivity index is 1.83. The Morgan fingerprint density at radius 3 is 2.85 bits per heavy atom. The molecule has 2 atom stereocenters. The zero-order valence-corrected chi connectivity index (χ0v) is 8.21. The molecule has 0 aliphatic carbocycles. The van der Waals surface area contributed by atoms with Crippen molar-refractivity contribution in [1.82, 2.24) is 10.2 Å². The molecular formula is C10H20N2O. The molecule has 2 saturated heterocycles. The lowest BCUT2D eigenvalue weighted by Crippen LogP contribution is -2.50. The first-order valence-electron chi connectivity index (χ1n) is 5.49. The number of nitrogens with zero attached hydrogens (tertiary/aromatic N) is 1. The number of piperidine rings is 2. The van der Waals surface area contributed by atoms with Gasteiger partial charge in [-0.3, -0.25) is 4.90 Å². The van der Waals surface area contributed by atoms with Crippen LogP contribution in [0, 0.1) is 0 Å². The number of hydrogen-bond acceptors (Lipinski definition) is 3. The molecule has 2 heterocycles. The highest BCUT2D eigenvalue weighted by molar-refractivity contribution is 4.82. The van der Waals surface area contributed by atoms with Crippen LogP contribution < -0.4 is 5.32 Å². The van der Waals surface area contributed by atoms with Crippen LogP contribution in [-0.4, -0.2) is 48.3 Å². The first kappa shape index (κ1) is 9.44. The second-order valence-electron chi connectivity index (χ2n) is 4.29. The van der Waals surface area contributed by atoms with Gasteiger partial charge in [-0.05, 0) is 38.8 Å². The zero-order valence-electron chi connectivity index (χ0n) is 8.21. The molecule has 0 spiro atoms. The van der Waals surface area contributed by atoms with E-state index in [0.717, 1.165) is 25.9 Å². The number of aliphatic hydroxyl groups excluding tert-OH is 1. The fourth-order valence-electron chi connectivity index (χ4n) is 2.46. The molecular weight excluding hydrogens is 164 g/mol. The SMILES string of the molecule is O[C@@H]1CCCN([C@@H]2CCCNC2)C1. The summed E-state index contributed by atoms with van der Waals surface area (Å²) in [6.07, 6.45) is 4.68. The summed E-state index contributed by atoms with van der Waals surface area (Å²) in [4.78, 5) is 2.46. The molecule has 0 aromatic rings. The van der Waals surface area contributed by atoms with E-state index >= 15 is 0 Å². The van der Waals surface area contributed by atoms with Crippen molar-refractivity contribution in [2.24, 2.45) is 0 Å². The van der Waals surface area contributed by atoms with Crippen molar-refractivity contribution in [3.63, 3.8) is 0 Å². The summed E-state index contributed by atoms with van der Waals surface area (Å²) in [5.41, 5.74) is 0. The summed E-state index contributed by atoms with van der Waals surface area (Å²) in [6, 6.07) is 0.684. The molecule has 13 heavy (non-hydrogen) atoms. The fraction of sp³-hybridized carbons (Fsp3) is 1.00. The minimum Gasteiger partial charge on any atom is -0.392 e. The third-order valence-electron chi connectivity index (χ3n) is 3.22. The molecule has 0 saturated carbocycles.